The van der Waals surface area contributed by atoms with Crippen molar-refractivity contribution in [3.05, 3.63) is 36.0 Å². The van der Waals surface area contributed by atoms with Gasteiger partial charge in [0, 0.05) is 44.7 Å². The minimum atomic E-state index is -5.08. The average Bonchev–Trinajstić information content (AvgIpc) is 3.24. The van der Waals surface area contributed by atoms with Gasteiger partial charge in [-0.05, 0) is 46.0 Å². The minimum Gasteiger partial charge on any atom is -0.475 e. The molecule has 0 saturated carbocycles. The number of carboxylic acids is 1. The zero-order valence-corrected chi connectivity index (χ0v) is 21.0. The van der Waals surface area contributed by atoms with E-state index in [1.165, 1.54) is 10.9 Å². The van der Waals surface area contributed by atoms with Gasteiger partial charge in [0.15, 0.2) is 0 Å². The van der Waals surface area contributed by atoms with Crippen LogP contribution in [0.15, 0.2) is 30.3 Å². The Morgan fingerprint density at radius 1 is 1.08 bits per heavy atom. The van der Waals surface area contributed by atoms with E-state index in [9.17, 15) is 18.0 Å². The number of fused-ring (bicyclic) bond motifs is 3. The molecule has 0 atom stereocenters. The van der Waals surface area contributed by atoms with Gasteiger partial charge in [-0.1, -0.05) is 18.2 Å². The molecule has 1 saturated heterocycles. The number of carbonyl (C=O) groups is 2. The van der Waals surface area contributed by atoms with Gasteiger partial charge in [-0.25, -0.2) is 4.79 Å². The van der Waals surface area contributed by atoms with Gasteiger partial charge in [-0.2, -0.15) is 13.2 Å². The predicted molar refractivity (Wildman–Crippen MR) is 131 cm³/mol. The maximum atomic E-state index is 13.6. The number of carbonyl (C=O) groups excluding carboxylic acids is 1. The van der Waals surface area contributed by atoms with Gasteiger partial charge in [0.25, 0.3) is 5.91 Å². The highest BCUT2D eigenvalue weighted by molar-refractivity contribution is 6.10. The molecule has 0 aliphatic carbocycles. The molecule has 1 amide bonds. The molecule has 1 N–H and O–H groups in total. The van der Waals surface area contributed by atoms with Crippen LogP contribution in [-0.4, -0.2) is 89.0 Å². The summed E-state index contributed by atoms with van der Waals surface area (Å²) < 4.78 is 41.6. The van der Waals surface area contributed by atoms with Gasteiger partial charge >= 0.3 is 12.1 Å². The Morgan fingerprint density at radius 2 is 1.75 bits per heavy atom. The summed E-state index contributed by atoms with van der Waals surface area (Å²) in [5, 5.41) is 8.32. The summed E-state index contributed by atoms with van der Waals surface area (Å²) >= 11 is 0. The van der Waals surface area contributed by atoms with E-state index in [0.29, 0.717) is 19.2 Å². The Hall–Kier alpha value is -3.05. The fourth-order valence-electron chi connectivity index (χ4n) is 4.58. The maximum absolute atomic E-state index is 13.6. The van der Waals surface area contributed by atoms with Crippen LogP contribution in [0.5, 0.6) is 0 Å². The molecule has 1 aromatic carbocycles. The summed E-state index contributed by atoms with van der Waals surface area (Å²) in [5.74, 6) is -2.63. The van der Waals surface area contributed by atoms with Crippen LogP contribution in [0.25, 0.3) is 21.9 Å². The number of ether oxygens (including phenoxy) is 1. The second-order valence-corrected chi connectivity index (χ2v) is 9.14. The lowest BCUT2D eigenvalue weighted by molar-refractivity contribution is -0.192. The first-order chi connectivity index (χ1) is 17.0. The molecule has 0 unspecified atom stereocenters. The van der Waals surface area contributed by atoms with Gasteiger partial charge < -0.3 is 28.8 Å². The molecule has 36 heavy (non-hydrogen) atoms. The maximum Gasteiger partial charge on any atom is 0.490 e. The van der Waals surface area contributed by atoms with Crippen molar-refractivity contribution < 1.29 is 32.6 Å². The lowest BCUT2D eigenvalue weighted by Crippen LogP contribution is -2.35. The molecule has 0 radical (unpaired) electrons. The molecule has 0 spiro atoms. The minimum absolute atomic E-state index is 0.131. The van der Waals surface area contributed by atoms with Gasteiger partial charge in [-0.3, -0.25) is 4.79 Å². The second kappa shape index (κ2) is 11.3. The van der Waals surface area contributed by atoms with Crippen LogP contribution < -0.4 is 0 Å². The largest absolute Gasteiger partial charge is 0.490 e. The van der Waals surface area contributed by atoms with E-state index in [2.05, 4.69) is 65.3 Å². The van der Waals surface area contributed by atoms with Crippen LogP contribution in [0, 0.1) is 0 Å². The molecule has 3 heterocycles. The molecule has 198 valence electrons. The van der Waals surface area contributed by atoms with Gasteiger partial charge in [0.1, 0.15) is 5.69 Å². The number of hydrogen-bond acceptors (Lipinski definition) is 4. The van der Waals surface area contributed by atoms with Crippen molar-refractivity contribution in [2.24, 2.45) is 0 Å². The zero-order chi connectivity index (χ0) is 26.6. The van der Waals surface area contributed by atoms with Crippen molar-refractivity contribution in [1.82, 2.24) is 18.9 Å². The zero-order valence-electron chi connectivity index (χ0n) is 21.0. The highest BCUT2D eigenvalue weighted by Gasteiger charge is 2.38. The first-order valence-electron chi connectivity index (χ1n) is 11.9. The fourth-order valence-corrected chi connectivity index (χ4v) is 4.58. The van der Waals surface area contributed by atoms with Gasteiger partial charge in [-0.15, -0.1) is 0 Å². The summed E-state index contributed by atoms with van der Waals surface area (Å²) in [6, 6.07) is 10.9. The van der Waals surface area contributed by atoms with E-state index in [1.807, 2.05) is 4.90 Å². The van der Waals surface area contributed by atoms with Crippen LogP contribution in [-0.2, 0) is 16.1 Å². The summed E-state index contributed by atoms with van der Waals surface area (Å²) in [7, 11) is 3.84. The van der Waals surface area contributed by atoms with Gasteiger partial charge in [0.2, 0.25) is 0 Å². The molecule has 1 aliphatic heterocycles. The number of carboxylic acid groups (broad SMARTS) is 1. The SMILES string of the molecule is COCCn1c(C(=O)N2CCCN(C)CC2)cc2c1c1ccccc1n2C(C)C.O=C(O)C(F)(F)F. The number of nitrogens with zero attached hydrogens (tertiary/aromatic N) is 4. The third kappa shape index (κ3) is 5.84. The Kier molecular flexibility index (Phi) is 8.67. The molecule has 1 aliphatic rings. The molecule has 11 heteroatoms. The quantitative estimate of drug-likeness (QED) is 0.556. The Bertz CT molecular complexity index is 1220. The van der Waals surface area contributed by atoms with E-state index >= 15 is 0 Å². The number of aliphatic carboxylic acids is 1. The molecule has 2 aromatic heterocycles. The molecule has 8 nitrogen and oxygen atoms in total. The van der Waals surface area contributed by atoms with Gasteiger partial charge in [0.05, 0.1) is 23.2 Å². The molecule has 1 fully saturated rings. The standard InChI is InChI=1S/C23H32N4O2.C2HF3O2/c1-17(2)27-19-9-6-5-8-18(19)22-20(27)16-21(26(22)14-15-29-4)23(28)25-11-7-10-24(3)12-13-25;3-2(4,5)1(6)7/h5-6,8-9,16-17H,7,10-15H2,1-4H3;(H,6,7). The molecule has 3 aromatic rings. The van der Waals surface area contributed by atoms with Crippen LogP contribution >= 0.6 is 0 Å². The normalized spacial score (nSPS) is 15.3. The fraction of sp³-hybridized carbons (Fsp3) is 0.520. The summed E-state index contributed by atoms with van der Waals surface area (Å²) in [4.78, 5) is 26.8. The number of hydrogen-bond donors (Lipinski definition) is 1. The number of halogens is 3. The third-order valence-corrected chi connectivity index (χ3v) is 6.26. The third-order valence-electron chi connectivity index (χ3n) is 6.26. The van der Waals surface area contributed by atoms with Crippen molar-refractivity contribution in [1.29, 1.82) is 0 Å². The number of amides is 1. The Morgan fingerprint density at radius 3 is 2.36 bits per heavy atom. The molecular weight excluding hydrogens is 477 g/mol. The first kappa shape index (κ1) is 27.5. The van der Waals surface area contributed by atoms with E-state index < -0.39 is 12.1 Å². The van der Waals surface area contributed by atoms with E-state index in [1.54, 1.807) is 7.11 Å². The Labute approximate surface area is 207 Å². The lowest BCUT2D eigenvalue weighted by Gasteiger charge is -2.21. The lowest BCUT2D eigenvalue weighted by atomic mass is 10.2. The molecule has 0 bridgehead atoms. The highest BCUT2D eigenvalue weighted by atomic mass is 19.4. The smallest absolute Gasteiger partial charge is 0.475 e. The number of likely N-dealkylation sites (N-methyl/N-ethyl adjacent to an activating group) is 1. The van der Waals surface area contributed by atoms with E-state index in [4.69, 9.17) is 14.6 Å². The second-order valence-electron chi connectivity index (χ2n) is 9.14. The summed E-state index contributed by atoms with van der Waals surface area (Å²) in [6.07, 6.45) is -4.07. The number of para-hydroxylation sites is 1. The van der Waals surface area contributed by atoms with Crippen molar-refractivity contribution in [2.45, 2.75) is 39.0 Å². The number of methoxy groups -OCH3 is 1. The van der Waals surface area contributed by atoms with Crippen LogP contribution in [0.4, 0.5) is 13.2 Å². The van der Waals surface area contributed by atoms with Crippen molar-refractivity contribution in [2.75, 3.05) is 46.9 Å². The summed E-state index contributed by atoms with van der Waals surface area (Å²) in [6.45, 7) is 9.20. The highest BCUT2D eigenvalue weighted by Crippen LogP contribution is 2.34. The van der Waals surface area contributed by atoms with Crippen LogP contribution in [0.3, 0.4) is 0 Å². The topological polar surface area (TPSA) is 79.9 Å². The van der Waals surface area contributed by atoms with Crippen molar-refractivity contribution in [3.63, 3.8) is 0 Å². The number of aromatic nitrogens is 2. The predicted octanol–water partition coefficient (Wildman–Crippen LogP) is 4.23. The van der Waals surface area contributed by atoms with Crippen LogP contribution in [0.1, 0.15) is 36.8 Å². The average molecular weight is 511 g/mol. The first-order valence-corrected chi connectivity index (χ1v) is 11.9. The number of rotatable bonds is 5. The summed E-state index contributed by atoms with van der Waals surface area (Å²) in [5.41, 5.74) is 4.26. The molecular formula is C25H33F3N4O4. The van der Waals surface area contributed by atoms with E-state index in [0.717, 1.165) is 49.3 Å². The van der Waals surface area contributed by atoms with Crippen molar-refractivity contribution >= 4 is 33.8 Å². The van der Waals surface area contributed by atoms with Crippen molar-refractivity contribution in [3.8, 4) is 0 Å². The monoisotopic (exact) mass is 510 g/mol. The molecule has 4 rings (SSSR count). The number of benzene rings is 1. The van der Waals surface area contributed by atoms with E-state index in [-0.39, 0.29) is 5.91 Å². The number of alkyl halides is 3. The Balaban J connectivity index is 0.000000454. The van der Waals surface area contributed by atoms with Crippen LogP contribution in [0.2, 0.25) is 0 Å².